The van der Waals surface area contributed by atoms with Gasteiger partial charge in [-0.1, -0.05) is 23.8 Å². The number of nitrogens with two attached hydrogens (primary N) is 1. The Morgan fingerprint density at radius 2 is 1.53 bits per heavy atom. The molecule has 3 aromatic rings. The molecule has 0 radical (unpaired) electrons. The average Bonchev–Trinajstić information content (AvgIpc) is 2.75. The van der Waals surface area contributed by atoms with E-state index in [0.29, 0.717) is 41.0 Å². The smallest absolute Gasteiger partial charge is 0.341 e. The second-order valence-corrected chi connectivity index (χ2v) is 12.3. The zero-order chi connectivity index (χ0) is 28.3. The molecule has 2 aromatic carbocycles. The molecular weight excluding hydrogens is 530 g/mol. The largest absolute Gasteiger partial charge is 0.493 e. The monoisotopic (exact) mass is 563 g/mol. The van der Waals surface area contributed by atoms with E-state index in [4.69, 9.17) is 18.8 Å². The van der Waals surface area contributed by atoms with Crippen LogP contribution in [0, 0.1) is 34.6 Å². The SMILES string of the molecule is Cc1cc(C)c(S(=O)(=O)Oc2nc(N)nc(C)c2Cc2ccc(OCCCOS(C)(=O)=O)cc2C)c(C)c1. The zero-order valence-electron chi connectivity index (χ0n) is 22.4. The normalized spacial score (nSPS) is 11.9. The van der Waals surface area contributed by atoms with E-state index in [-0.39, 0.29) is 29.9 Å². The summed E-state index contributed by atoms with van der Waals surface area (Å²) in [6.07, 6.45) is 1.71. The first-order chi connectivity index (χ1) is 17.7. The Morgan fingerprint density at radius 3 is 2.13 bits per heavy atom. The first kappa shape index (κ1) is 29.3. The van der Waals surface area contributed by atoms with E-state index in [9.17, 15) is 16.8 Å². The van der Waals surface area contributed by atoms with Crippen molar-refractivity contribution in [3.05, 3.63) is 69.4 Å². The van der Waals surface area contributed by atoms with Gasteiger partial charge in [0.05, 0.1) is 25.2 Å². The second-order valence-electron chi connectivity index (χ2n) is 9.21. The van der Waals surface area contributed by atoms with E-state index in [1.54, 1.807) is 39.0 Å². The molecule has 0 aliphatic rings. The molecule has 0 saturated carbocycles. The van der Waals surface area contributed by atoms with Crippen molar-refractivity contribution in [1.82, 2.24) is 9.97 Å². The van der Waals surface area contributed by atoms with Crippen molar-refractivity contribution >= 4 is 26.2 Å². The van der Waals surface area contributed by atoms with E-state index >= 15 is 0 Å². The van der Waals surface area contributed by atoms with Gasteiger partial charge in [-0.3, -0.25) is 4.18 Å². The van der Waals surface area contributed by atoms with Crippen LogP contribution in [0.25, 0.3) is 0 Å². The Hall–Kier alpha value is -3.22. The lowest BCUT2D eigenvalue weighted by atomic mass is 10.00. The Bertz CT molecular complexity index is 1530. The van der Waals surface area contributed by atoms with E-state index in [2.05, 4.69) is 9.97 Å². The van der Waals surface area contributed by atoms with E-state index < -0.39 is 20.2 Å². The average molecular weight is 564 g/mol. The minimum absolute atomic E-state index is 0.0413. The predicted molar refractivity (Wildman–Crippen MR) is 145 cm³/mol. The summed E-state index contributed by atoms with van der Waals surface area (Å²) in [7, 11) is -7.67. The molecule has 0 atom stereocenters. The van der Waals surface area contributed by atoms with Crippen LogP contribution in [-0.4, -0.2) is 46.3 Å². The molecule has 0 aliphatic heterocycles. The van der Waals surface area contributed by atoms with Crippen molar-refractivity contribution in [1.29, 1.82) is 0 Å². The van der Waals surface area contributed by atoms with Gasteiger partial charge in [-0.15, -0.1) is 0 Å². The Labute approximate surface area is 224 Å². The molecule has 0 bridgehead atoms. The van der Waals surface area contributed by atoms with Crippen molar-refractivity contribution < 1.29 is 29.9 Å². The molecule has 0 unspecified atom stereocenters. The van der Waals surface area contributed by atoms with Gasteiger partial charge in [0.2, 0.25) is 11.8 Å². The number of aryl methyl sites for hydroxylation is 5. The number of benzene rings is 2. The van der Waals surface area contributed by atoms with Gasteiger partial charge in [-0.05, 0) is 69.0 Å². The fraction of sp³-hybridized carbons (Fsp3) is 0.385. The van der Waals surface area contributed by atoms with Crippen molar-refractivity contribution in [3.63, 3.8) is 0 Å². The first-order valence-corrected chi connectivity index (χ1v) is 15.1. The maximum Gasteiger partial charge on any atom is 0.341 e. The van der Waals surface area contributed by atoms with Gasteiger partial charge in [-0.25, -0.2) is 4.98 Å². The Morgan fingerprint density at radius 1 is 0.868 bits per heavy atom. The van der Waals surface area contributed by atoms with Gasteiger partial charge in [0, 0.05) is 18.4 Å². The Kier molecular flexibility index (Phi) is 9.01. The standard InChI is InChI=1S/C26H33N3O7S2/c1-16-12-18(3)24(19(4)13-16)38(32,33)36-25-23(20(5)28-26(27)29-25)15-21-8-9-22(14-17(21)2)34-10-7-11-35-37(6,30)31/h8-9,12-14H,7,10-11,15H2,1-6H3,(H2,27,28,29). The summed E-state index contributed by atoms with van der Waals surface area (Å²) in [5.41, 5.74) is 10.7. The molecule has 1 heterocycles. The third kappa shape index (κ3) is 7.65. The molecule has 12 heteroatoms. The molecule has 3 rings (SSSR count). The number of nitrogens with zero attached hydrogens (tertiary/aromatic N) is 2. The number of hydrogen-bond acceptors (Lipinski definition) is 10. The minimum Gasteiger partial charge on any atom is -0.493 e. The number of hydrogen-bond donors (Lipinski definition) is 1. The van der Waals surface area contributed by atoms with Crippen LogP contribution in [0.2, 0.25) is 0 Å². The highest BCUT2D eigenvalue weighted by Gasteiger charge is 2.26. The van der Waals surface area contributed by atoms with Crippen molar-refractivity contribution in [2.75, 3.05) is 25.2 Å². The highest BCUT2D eigenvalue weighted by atomic mass is 32.2. The van der Waals surface area contributed by atoms with Crippen LogP contribution in [0.3, 0.4) is 0 Å². The van der Waals surface area contributed by atoms with E-state index in [1.807, 2.05) is 26.0 Å². The molecule has 2 N–H and O–H groups in total. The molecule has 38 heavy (non-hydrogen) atoms. The number of nitrogen functional groups attached to an aromatic ring is 1. The van der Waals surface area contributed by atoms with Crippen molar-refractivity contribution in [2.45, 2.75) is 52.4 Å². The number of anilines is 1. The van der Waals surface area contributed by atoms with Gasteiger partial charge >= 0.3 is 10.1 Å². The van der Waals surface area contributed by atoms with Gasteiger partial charge in [0.1, 0.15) is 10.6 Å². The third-order valence-electron chi connectivity index (χ3n) is 5.77. The molecule has 0 saturated heterocycles. The van der Waals surface area contributed by atoms with Crippen LogP contribution in [0.1, 0.15) is 45.5 Å². The summed E-state index contributed by atoms with van der Waals surface area (Å²) in [5, 5.41) is 0. The Balaban J connectivity index is 1.83. The minimum atomic E-state index is -4.19. The second kappa shape index (κ2) is 11.7. The number of rotatable bonds is 11. The maximum atomic E-state index is 13.3. The first-order valence-electron chi connectivity index (χ1n) is 11.9. The zero-order valence-corrected chi connectivity index (χ0v) is 24.0. The molecular formula is C26H33N3O7S2. The highest BCUT2D eigenvalue weighted by Crippen LogP contribution is 2.30. The molecule has 206 valence electrons. The van der Waals surface area contributed by atoms with E-state index in [0.717, 1.165) is 22.9 Å². The van der Waals surface area contributed by atoms with Crippen molar-refractivity contribution in [3.8, 4) is 11.6 Å². The molecule has 0 spiro atoms. The van der Waals surface area contributed by atoms with Crippen LogP contribution in [-0.2, 0) is 30.8 Å². The summed E-state index contributed by atoms with van der Waals surface area (Å²) in [6, 6.07) is 9.06. The van der Waals surface area contributed by atoms with Gasteiger partial charge < -0.3 is 14.7 Å². The topological polar surface area (TPSA) is 148 Å². The summed E-state index contributed by atoms with van der Waals surface area (Å²) >= 11 is 0. The van der Waals surface area contributed by atoms with Crippen LogP contribution in [0.15, 0.2) is 35.2 Å². The van der Waals surface area contributed by atoms with Crippen LogP contribution in [0.4, 0.5) is 5.95 Å². The fourth-order valence-electron chi connectivity index (χ4n) is 4.18. The van der Waals surface area contributed by atoms with Gasteiger partial charge in [0.25, 0.3) is 10.1 Å². The third-order valence-corrected chi connectivity index (χ3v) is 7.89. The summed E-state index contributed by atoms with van der Waals surface area (Å²) in [6.45, 7) is 9.30. The summed E-state index contributed by atoms with van der Waals surface area (Å²) < 4.78 is 64.7. The number of aromatic nitrogens is 2. The molecule has 0 fully saturated rings. The number of ether oxygens (including phenoxy) is 1. The van der Waals surface area contributed by atoms with Crippen molar-refractivity contribution in [2.24, 2.45) is 0 Å². The molecule has 0 aliphatic carbocycles. The summed E-state index contributed by atoms with van der Waals surface area (Å²) in [5.74, 6) is 0.411. The van der Waals surface area contributed by atoms with Crippen LogP contribution in [0.5, 0.6) is 11.6 Å². The summed E-state index contributed by atoms with van der Waals surface area (Å²) in [4.78, 5) is 8.44. The molecule has 10 nitrogen and oxygen atoms in total. The lowest BCUT2D eigenvalue weighted by Gasteiger charge is -2.16. The van der Waals surface area contributed by atoms with Gasteiger partial charge in [-0.2, -0.15) is 21.8 Å². The van der Waals surface area contributed by atoms with Gasteiger partial charge in [0.15, 0.2) is 0 Å². The quantitative estimate of drug-likeness (QED) is 0.270. The van der Waals surface area contributed by atoms with Crippen LogP contribution < -0.4 is 14.7 Å². The lowest BCUT2D eigenvalue weighted by Crippen LogP contribution is -2.17. The molecule has 1 aromatic heterocycles. The predicted octanol–water partition coefficient (Wildman–Crippen LogP) is 3.70. The van der Waals surface area contributed by atoms with Crippen LogP contribution >= 0.6 is 0 Å². The van der Waals surface area contributed by atoms with E-state index in [1.165, 1.54) is 0 Å². The lowest BCUT2D eigenvalue weighted by molar-refractivity contribution is 0.252. The fourth-order valence-corrected chi connectivity index (χ4v) is 5.93. The maximum absolute atomic E-state index is 13.3. The highest BCUT2D eigenvalue weighted by molar-refractivity contribution is 7.87. The molecule has 0 amide bonds.